The van der Waals surface area contributed by atoms with E-state index >= 15 is 0 Å². The molecule has 0 saturated heterocycles. The van der Waals surface area contributed by atoms with E-state index in [1.165, 1.54) is 6.33 Å². The van der Waals surface area contributed by atoms with E-state index in [-0.39, 0.29) is 0 Å². The molecule has 0 fully saturated rings. The van der Waals surface area contributed by atoms with Crippen LogP contribution in [0.2, 0.25) is 0 Å². The minimum absolute atomic E-state index is 0.482. The first-order chi connectivity index (χ1) is 12.3. The predicted octanol–water partition coefficient (Wildman–Crippen LogP) is 2.72. The van der Waals surface area contributed by atoms with E-state index in [4.69, 9.17) is 4.74 Å². The van der Waals surface area contributed by atoms with Crippen LogP contribution in [0.25, 0.3) is 16.9 Å². The van der Waals surface area contributed by atoms with Gasteiger partial charge in [0.1, 0.15) is 17.8 Å². The van der Waals surface area contributed by atoms with E-state index in [1.807, 2.05) is 31.2 Å². The van der Waals surface area contributed by atoms with E-state index in [9.17, 15) is 0 Å². The second kappa shape index (κ2) is 6.52. The van der Waals surface area contributed by atoms with Crippen molar-refractivity contribution in [1.82, 2.24) is 29.5 Å². The highest BCUT2D eigenvalue weighted by Crippen LogP contribution is 2.22. The number of fused-ring (bicyclic) bond motifs is 1. The fourth-order valence-electron chi connectivity index (χ4n) is 2.43. The number of ether oxygens (including phenoxy) is 1. The predicted molar refractivity (Wildman–Crippen MR) is 92.7 cm³/mol. The van der Waals surface area contributed by atoms with Crippen LogP contribution in [0.5, 0.6) is 5.75 Å². The van der Waals surface area contributed by atoms with Crippen molar-refractivity contribution >= 4 is 17.3 Å². The van der Waals surface area contributed by atoms with Gasteiger partial charge < -0.3 is 10.1 Å². The van der Waals surface area contributed by atoms with E-state index in [0.717, 1.165) is 17.0 Å². The number of benzene rings is 1. The van der Waals surface area contributed by atoms with Crippen LogP contribution in [-0.4, -0.2) is 36.2 Å². The Morgan fingerprint density at radius 3 is 2.68 bits per heavy atom. The molecule has 0 saturated carbocycles. The highest BCUT2D eigenvalue weighted by molar-refractivity contribution is 5.73. The Labute approximate surface area is 143 Å². The minimum Gasteiger partial charge on any atom is -0.494 e. The third kappa shape index (κ3) is 3.09. The van der Waals surface area contributed by atoms with E-state index in [0.29, 0.717) is 23.9 Å². The zero-order chi connectivity index (χ0) is 17.1. The summed E-state index contributed by atoms with van der Waals surface area (Å²) >= 11 is 0. The van der Waals surface area contributed by atoms with Crippen molar-refractivity contribution in [3.63, 3.8) is 0 Å². The summed E-state index contributed by atoms with van der Waals surface area (Å²) in [6.45, 7) is 2.59. The van der Waals surface area contributed by atoms with Gasteiger partial charge in [0.05, 0.1) is 6.61 Å². The Hall–Kier alpha value is -3.55. The lowest BCUT2D eigenvalue weighted by molar-refractivity contribution is 0.340. The highest BCUT2D eigenvalue weighted by Gasteiger charge is 2.11. The number of aromatic nitrogens is 6. The van der Waals surface area contributed by atoms with Crippen LogP contribution in [0.3, 0.4) is 0 Å². The molecule has 0 spiro atoms. The van der Waals surface area contributed by atoms with Gasteiger partial charge in [-0.1, -0.05) is 0 Å². The maximum absolute atomic E-state index is 5.44. The first-order valence-corrected chi connectivity index (χ1v) is 7.80. The molecule has 25 heavy (non-hydrogen) atoms. The third-order valence-electron chi connectivity index (χ3n) is 3.51. The smallest absolute Gasteiger partial charge is 0.247 e. The fourth-order valence-corrected chi connectivity index (χ4v) is 2.43. The van der Waals surface area contributed by atoms with Crippen LogP contribution in [0, 0.1) is 0 Å². The van der Waals surface area contributed by atoms with Crippen LogP contribution in [0.1, 0.15) is 6.92 Å². The second-order valence-corrected chi connectivity index (χ2v) is 5.19. The Balaban J connectivity index is 1.65. The highest BCUT2D eigenvalue weighted by atomic mass is 16.5. The molecule has 0 aliphatic heterocycles. The van der Waals surface area contributed by atoms with Gasteiger partial charge in [0.15, 0.2) is 5.65 Å². The van der Waals surface area contributed by atoms with Gasteiger partial charge in [-0.2, -0.15) is 4.98 Å². The molecule has 8 nitrogen and oxygen atoms in total. The maximum Gasteiger partial charge on any atom is 0.247 e. The minimum atomic E-state index is 0.482. The van der Waals surface area contributed by atoms with Crippen LogP contribution < -0.4 is 10.1 Å². The lowest BCUT2D eigenvalue weighted by Gasteiger charge is -2.04. The van der Waals surface area contributed by atoms with Crippen molar-refractivity contribution < 1.29 is 4.74 Å². The lowest BCUT2D eigenvalue weighted by atomic mass is 10.2. The standard InChI is InChI=1S/C17H15N7O/c1-2-25-14-5-3-13(4-6-14)21-17-22-16-15(12-9-18-11-19-10-12)20-7-8-24(16)23-17/h3-11H,2H2,1H3,(H,21,23). The van der Waals surface area contributed by atoms with Gasteiger partial charge in [0.25, 0.3) is 0 Å². The van der Waals surface area contributed by atoms with Crippen molar-refractivity contribution in [1.29, 1.82) is 0 Å². The summed E-state index contributed by atoms with van der Waals surface area (Å²) in [5, 5.41) is 7.62. The van der Waals surface area contributed by atoms with Gasteiger partial charge in [-0.25, -0.2) is 14.5 Å². The summed E-state index contributed by atoms with van der Waals surface area (Å²) in [6.07, 6.45) is 8.29. The van der Waals surface area contributed by atoms with Crippen LogP contribution in [-0.2, 0) is 0 Å². The second-order valence-electron chi connectivity index (χ2n) is 5.19. The van der Waals surface area contributed by atoms with Gasteiger partial charge in [-0.15, -0.1) is 5.10 Å². The van der Waals surface area contributed by atoms with E-state index < -0.39 is 0 Å². The maximum atomic E-state index is 5.44. The molecule has 3 aromatic heterocycles. The van der Waals surface area contributed by atoms with Crippen molar-refractivity contribution in [2.45, 2.75) is 6.92 Å². The van der Waals surface area contributed by atoms with Gasteiger partial charge in [-0.3, -0.25) is 4.98 Å². The summed E-state index contributed by atoms with van der Waals surface area (Å²) in [7, 11) is 0. The Bertz CT molecular complexity index is 983. The van der Waals surface area contributed by atoms with Crippen molar-refractivity contribution in [2.75, 3.05) is 11.9 Å². The number of nitrogens with one attached hydrogen (secondary N) is 1. The van der Waals surface area contributed by atoms with Gasteiger partial charge in [0.2, 0.25) is 5.95 Å². The average molecular weight is 333 g/mol. The molecule has 1 aromatic carbocycles. The molecular weight excluding hydrogens is 318 g/mol. The third-order valence-corrected chi connectivity index (χ3v) is 3.51. The Morgan fingerprint density at radius 2 is 1.92 bits per heavy atom. The van der Waals surface area contributed by atoms with Crippen molar-refractivity contribution in [3.05, 3.63) is 55.4 Å². The molecule has 4 aromatic rings. The lowest BCUT2D eigenvalue weighted by Crippen LogP contribution is -1.95. The average Bonchev–Trinajstić information content (AvgIpc) is 3.06. The van der Waals surface area contributed by atoms with Gasteiger partial charge >= 0.3 is 0 Å². The first-order valence-electron chi connectivity index (χ1n) is 7.80. The van der Waals surface area contributed by atoms with Gasteiger partial charge in [-0.05, 0) is 31.2 Å². The molecule has 0 aliphatic carbocycles. The Kier molecular flexibility index (Phi) is 3.91. The van der Waals surface area contributed by atoms with Gasteiger partial charge in [0, 0.05) is 36.0 Å². The van der Waals surface area contributed by atoms with Crippen molar-refractivity contribution in [3.8, 4) is 17.0 Å². The Morgan fingerprint density at radius 1 is 1.12 bits per heavy atom. The largest absolute Gasteiger partial charge is 0.494 e. The molecule has 3 heterocycles. The normalized spacial score (nSPS) is 10.8. The quantitative estimate of drug-likeness (QED) is 0.600. The number of hydrogen-bond acceptors (Lipinski definition) is 7. The first kappa shape index (κ1) is 15.0. The molecule has 0 bridgehead atoms. The number of nitrogens with zero attached hydrogens (tertiary/aromatic N) is 6. The summed E-state index contributed by atoms with van der Waals surface area (Å²) in [5.74, 6) is 1.31. The zero-order valence-electron chi connectivity index (χ0n) is 13.5. The van der Waals surface area contributed by atoms with Crippen LogP contribution >= 0.6 is 0 Å². The summed E-state index contributed by atoms with van der Waals surface area (Å²) in [5.41, 5.74) is 2.96. The van der Waals surface area contributed by atoms with Crippen molar-refractivity contribution in [2.24, 2.45) is 0 Å². The number of anilines is 2. The molecule has 0 unspecified atom stereocenters. The van der Waals surface area contributed by atoms with E-state index in [2.05, 4.69) is 30.4 Å². The topological polar surface area (TPSA) is 90.1 Å². The molecule has 0 amide bonds. The molecule has 0 aliphatic rings. The van der Waals surface area contributed by atoms with Crippen LogP contribution in [0.15, 0.2) is 55.4 Å². The molecule has 0 radical (unpaired) electrons. The van der Waals surface area contributed by atoms with Crippen LogP contribution in [0.4, 0.5) is 11.6 Å². The molecular formula is C17H15N7O. The summed E-state index contributed by atoms with van der Waals surface area (Å²) < 4.78 is 7.11. The summed E-state index contributed by atoms with van der Waals surface area (Å²) in [6, 6.07) is 7.63. The molecule has 124 valence electrons. The molecule has 0 atom stereocenters. The SMILES string of the molecule is CCOc1ccc(Nc2nc3c(-c4cncnc4)nccn3n2)cc1. The zero-order valence-corrected chi connectivity index (χ0v) is 13.5. The number of rotatable bonds is 5. The summed E-state index contributed by atoms with van der Waals surface area (Å²) in [4.78, 5) is 17.0. The number of hydrogen-bond donors (Lipinski definition) is 1. The molecule has 1 N–H and O–H groups in total. The molecule has 4 rings (SSSR count). The van der Waals surface area contributed by atoms with E-state index in [1.54, 1.807) is 29.3 Å². The monoisotopic (exact) mass is 333 g/mol. The fraction of sp³-hybridized carbons (Fsp3) is 0.118. The molecule has 8 heteroatoms.